The third kappa shape index (κ3) is 3.11. The summed E-state index contributed by atoms with van der Waals surface area (Å²) in [4.78, 5) is 0. The van der Waals surface area contributed by atoms with Crippen molar-refractivity contribution < 1.29 is 0 Å². The monoisotopic (exact) mass is 298 g/mol. The number of para-hydroxylation sites is 1. The lowest BCUT2D eigenvalue weighted by molar-refractivity contribution is 0.688. The van der Waals surface area contributed by atoms with Crippen LogP contribution in [0.4, 0.5) is 0 Å². The largest absolute Gasteiger partial charge is 0.268 e. The summed E-state index contributed by atoms with van der Waals surface area (Å²) in [5.41, 5.74) is 3.56. The number of aryl methyl sites for hydroxylation is 2. The van der Waals surface area contributed by atoms with Crippen LogP contribution in [0.5, 0.6) is 0 Å². The molecule has 2 nitrogen and oxygen atoms in total. The van der Waals surface area contributed by atoms with Crippen molar-refractivity contribution in [2.45, 2.75) is 24.6 Å². The Morgan fingerprint density at radius 3 is 2.57 bits per heavy atom. The van der Waals surface area contributed by atoms with Gasteiger partial charge in [-0.3, -0.25) is 4.68 Å². The number of aromatic nitrogens is 2. The highest BCUT2D eigenvalue weighted by molar-refractivity contribution is 6.20. The molecular formula is C18H19ClN2. The zero-order valence-corrected chi connectivity index (χ0v) is 12.9. The lowest BCUT2D eigenvalue weighted by atomic mass is 10.0. The molecule has 0 aliphatic carbocycles. The summed E-state index contributed by atoms with van der Waals surface area (Å²) in [6.45, 7) is 0. The van der Waals surface area contributed by atoms with Crippen molar-refractivity contribution >= 4 is 22.5 Å². The third-order valence-electron chi connectivity index (χ3n) is 3.87. The molecule has 0 saturated carbocycles. The molecule has 108 valence electrons. The fraction of sp³-hybridized carbons (Fsp3) is 0.278. The smallest absolute Gasteiger partial charge is 0.0703 e. The van der Waals surface area contributed by atoms with E-state index in [1.165, 1.54) is 22.2 Å². The van der Waals surface area contributed by atoms with Gasteiger partial charge in [0, 0.05) is 12.4 Å². The van der Waals surface area contributed by atoms with E-state index in [2.05, 4.69) is 41.5 Å². The van der Waals surface area contributed by atoms with Gasteiger partial charge >= 0.3 is 0 Å². The van der Waals surface area contributed by atoms with E-state index in [1.807, 2.05) is 29.9 Å². The summed E-state index contributed by atoms with van der Waals surface area (Å²) in [5, 5.41) is 5.97. The molecule has 0 aliphatic heterocycles. The molecule has 1 heterocycles. The van der Waals surface area contributed by atoms with E-state index in [-0.39, 0.29) is 5.38 Å². The first-order valence-corrected chi connectivity index (χ1v) is 7.79. The number of alkyl halides is 1. The SMILES string of the molecule is Cn1nc(CCCC(Cl)c2ccccc2)c2ccccc21. The molecule has 0 spiro atoms. The van der Waals surface area contributed by atoms with Gasteiger partial charge in [0.05, 0.1) is 16.6 Å². The first-order chi connectivity index (χ1) is 10.3. The van der Waals surface area contributed by atoms with Crippen LogP contribution in [0.3, 0.4) is 0 Å². The average Bonchev–Trinajstić information content (AvgIpc) is 2.85. The highest BCUT2D eigenvalue weighted by atomic mass is 35.5. The lowest BCUT2D eigenvalue weighted by Crippen LogP contribution is -1.95. The zero-order chi connectivity index (χ0) is 14.7. The maximum Gasteiger partial charge on any atom is 0.0703 e. The number of hydrogen-bond acceptors (Lipinski definition) is 1. The molecule has 0 aliphatic rings. The Kier molecular flexibility index (Phi) is 4.26. The number of fused-ring (bicyclic) bond motifs is 1. The molecule has 0 radical (unpaired) electrons. The van der Waals surface area contributed by atoms with E-state index in [1.54, 1.807) is 0 Å². The van der Waals surface area contributed by atoms with E-state index in [0.717, 1.165) is 19.3 Å². The van der Waals surface area contributed by atoms with Crippen LogP contribution in [0.15, 0.2) is 54.6 Å². The van der Waals surface area contributed by atoms with Gasteiger partial charge in [-0.15, -0.1) is 11.6 Å². The second-order valence-electron chi connectivity index (χ2n) is 5.36. The fourth-order valence-corrected chi connectivity index (χ4v) is 3.05. The molecule has 3 rings (SSSR count). The first kappa shape index (κ1) is 14.2. The Labute approximate surface area is 130 Å². The van der Waals surface area contributed by atoms with E-state index >= 15 is 0 Å². The van der Waals surface area contributed by atoms with Gasteiger partial charge in [-0.1, -0.05) is 48.5 Å². The summed E-state index contributed by atoms with van der Waals surface area (Å²) >= 11 is 6.47. The normalized spacial score (nSPS) is 12.7. The van der Waals surface area contributed by atoms with Crippen LogP contribution >= 0.6 is 11.6 Å². The molecule has 0 amide bonds. The summed E-state index contributed by atoms with van der Waals surface area (Å²) in [7, 11) is 2.00. The van der Waals surface area contributed by atoms with Crippen LogP contribution in [0.1, 0.15) is 29.5 Å². The molecule has 0 saturated heterocycles. The number of rotatable bonds is 5. The van der Waals surface area contributed by atoms with Crippen LogP contribution in [-0.2, 0) is 13.5 Å². The van der Waals surface area contributed by atoms with Crippen molar-refractivity contribution in [1.29, 1.82) is 0 Å². The Morgan fingerprint density at radius 2 is 1.76 bits per heavy atom. The van der Waals surface area contributed by atoms with Gasteiger partial charge in [0.1, 0.15) is 0 Å². The highest BCUT2D eigenvalue weighted by Crippen LogP contribution is 2.27. The maximum atomic E-state index is 6.47. The van der Waals surface area contributed by atoms with E-state index in [9.17, 15) is 0 Å². The van der Waals surface area contributed by atoms with Gasteiger partial charge < -0.3 is 0 Å². The van der Waals surface area contributed by atoms with Crippen LogP contribution in [-0.4, -0.2) is 9.78 Å². The second kappa shape index (κ2) is 6.31. The van der Waals surface area contributed by atoms with Crippen molar-refractivity contribution in [2.75, 3.05) is 0 Å². The minimum atomic E-state index is 0.0844. The van der Waals surface area contributed by atoms with Gasteiger partial charge in [0.25, 0.3) is 0 Å². The summed E-state index contributed by atoms with van der Waals surface area (Å²) in [6, 6.07) is 18.7. The minimum absolute atomic E-state index is 0.0844. The van der Waals surface area contributed by atoms with Crippen LogP contribution in [0, 0.1) is 0 Å². The van der Waals surface area contributed by atoms with Crippen LogP contribution in [0.2, 0.25) is 0 Å². The molecule has 1 aromatic heterocycles. The van der Waals surface area contributed by atoms with E-state index < -0.39 is 0 Å². The van der Waals surface area contributed by atoms with Crippen molar-refractivity contribution in [3.05, 3.63) is 65.9 Å². The fourth-order valence-electron chi connectivity index (χ4n) is 2.75. The third-order valence-corrected chi connectivity index (χ3v) is 4.34. The first-order valence-electron chi connectivity index (χ1n) is 7.35. The molecule has 21 heavy (non-hydrogen) atoms. The quantitative estimate of drug-likeness (QED) is 0.614. The molecule has 0 bridgehead atoms. The summed E-state index contributed by atoms with van der Waals surface area (Å²) in [5.74, 6) is 0. The van der Waals surface area contributed by atoms with Gasteiger partial charge in [0.2, 0.25) is 0 Å². The van der Waals surface area contributed by atoms with Crippen molar-refractivity contribution in [2.24, 2.45) is 7.05 Å². The number of hydrogen-bond donors (Lipinski definition) is 0. The topological polar surface area (TPSA) is 17.8 Å². The molecule has 1 atom stereocenters. The lowest BCUT2D eigenvalue weighted by Gasteiger charge is -2.08. The van der Waals surface area contributed by atoms with Crippen LogP contribution in [0.25, 0.3) is 10.9 Å². The van der Waals surface area contributed by atoms with Crippen LogP contribution < -0.4 is 0 Å². The Morgan fingerprint density at radius 1 is 1.05 bits per heavy atom. The molecule has 1 unspecified atom stereocenters. The maximum absolute atomic E-state index is 6.47. The molecular weight excluding hydrogens is 280 g/mol. The molecule has 3 heteroatoms. The highest BCUT2D eigenvalue weighted by Gasteiger charge is 2.10. The summed E-state index contributed by atoms with van der Waals surface area (Å²) in [6.07, 6.45) is 2.98. The molecule has 2 aromatic carbocycles. The summed E-state index contributed by atoms with van der Waals surface area (Å²) < 4.78 is 1.96. The van der Waals surface area contributed by atoms with Gasteiger partial charge in [-0.25, -0.2) is 0 Å². The van der Waals surface area contributed by atoms with Crippen molar-refractivity contribution in [1.82, 2.24) is 9.78 Å². The Balaban J connectivity index is 1.65. The molecule has 3 aromatic rings. The average molecular weight is 299 g/mol. The van der Waals surface area contributed by atoms with E-state index in [4.69, 9.17) is 11.6 Å². The second-order valence-corrected chi connectivity index (χ2v) is 5.88. The van der Waals surface area contributed by atoms with E-state index in [0.29, 0.717) is 0 Å². The predicted molar refractivity (Wildman–Crippen MR) is 88.7 cm³/mol. The standard InChI is InChI=1S/C18H19ClN2/c1-21-18-13-6-5-10-15(18)17(20-21)12-7-11-16(19)14-8-3-2-4-9-14/h2-6,8-10,13,16H,7,11-12H2,1H3. The predicted octanol–water partition coefficient (Wildman–Crippen LogP) is 4.88. The molecule has 0 N–H and O–H groups in total. The van der Waals surface area contributed by atoms with Gasteiger partial charge in [-0.2, -0.15) is 5.10 Å². The minimum Gasteiger partial charge on any atom is -0.268 e. The number of nitrogens with zero attached hydrogens (tertiary/aromatic N) is 2. The Bertz CT molecular complexity index is 718. The van der Waals surface area contributed by atoms with Gasteiger partial charge in [-0.05, 0) is 30.9 Å². The van der Waals surface area contributed by atoms with Crippen molar-refractivity contribution in [3.63, 3.8) is 0 Å². The zero-order valence-electron chi connectivity index (χ0n) is 12.2. The number of halogens is 1. The van der Waals surface area contributed by atoms with Gasteiger partial charge in [0.15, 0.2) is 0 Å². The Hall–Kier alpha value is -1.80. The number of benzene rings is 2. The molecule has 0 fully saturated rings. The van der Waals surface area contributed by atoms with Crippen molar-refractivity contribution in [3.8, 4) is 0 Å².